The molecule has 2 aromatic carbocycles. The Morgan fingerprint density at radius 3 is 1.77 bits per heavy atom. The fourth-order valence-corrected chi connectivity index (χ4v) is 3.41. The van der Waals surface area contributed by atoms with Crippen molar-refractivity contribution >= 4 is 11.6 Å². The van der Waals surface area contributed by atoms with Crippen LogP contribution in [0, 0.1) is 0 Å². The highest BCUT2D eigenvalue weighted by Gasteiger charge is 2.10. The summed E-state index contributed by atoms with van der Waals surface area (Å²) < 4.78 is 0. The lowest BCUT2D eigenvalue weighted by atomic mass is 9.95. The highest BCUT2D eigenvalue weighted by Crippen LogP contribution is 2.25. The van der Waals surface area contributed by atoms with Gasteiger partial charge in [-0.1, -0.05) is 81.6 Å². The van der Waals surface area contributed by atoms with E-state index in [9.17, 15) is 0 Å². The number of hydrogen-bond donors (Lipinski definition) is 0. The van der Waals surface area contributed by atoms with Crippen LogP contribution in [0.25, 0.3) is 11.1 Å². The number of benzene rings is 2. The van der Waals surface area contributed by atoms with Gasteiger partial charge in [-0.3, -0.25) is 0 Å². The normalized spacial score (nSPS) is 12.5. The van der Waals surface area contributed by atoms with Crippen LogP contribution in [0.4, 0.5) is 0 Å². The minimum atomic E-state index is 0.597. The fourth-order valence-electron chi connectivity index (χ4n) is 3.29. The summed E-state index contributed by atoms with van der Waals surface area (Å²) in [5, 5.41) is 0.787. The van der Waals surface area contributed by atoms with Crippen LogP contribution in [0.3, 0.4) is 0 Å². The molecule has 0 aromatic heterocycles. The van der Waals surface area contributed by atoms with Gasteiger partial charge in [0.1, 0.15) is 0 Å². The first kappa shape index (κ1) is 21.0. The maximum atomic E-state index is 5.99. The van der Waals surface area contributed by atoms with E-state index < -0.39 is 0 Å². The molecule has 0 saturated carbocycles. The zero-order valence-electron chi connectivity index (χ0n) is 16.7. The number of hydrogen-bond acceptors (Lipinski definition) is 1. The lowest BCUT2D eigenvalue weighted by Crippen LogP contribution is -2.28. The second-order valence-electron chi connectivity index (χ2n) is 7.37. The van der Waals surface area contributed by atoms with Crippen LogP contribution in [-0.2, 0) is 0 Å². The topological polar surface area (TPSA) is 3.24 Å². The quantitative estimate of drug-likeness (QED) is 0.397. The summed E-state index contributed by atoms with van der Waals surface area (Å²) in [5.41, 5.74) is 3.91. The average molecular weight is 372 g/mol. The van der Waals surface area contributed by atoms with Crippen LogP contribution in [-0.4, -0.2) is 24.5 Å². The molecule has 0 spiro atoms. The van der Waals surface area contributed by atoms with Crippen molar-refractivity contribution in [3.05, 3.63) is 59.1 Å². The summed E-state index contributed by atoms with van der Waals surface area (Å²) in [6.45, 7) is 10.6. The molecular formula is C24H34ClN. The maximum Gasteiger partial charge on any atom is 0.0406 e. The number of nitrogens with zero attached hydrogens (tertiary/aromatic N) is 1. The minimum Gasteiger partial charge on any atom is -0.303 e. The summed E-state index contributed by atoms with van der Waals surface area (Å²) in [7, 11) is 0. The molecule has 0 aliphatic rings. The molecule has 26 heavy (non-hydrogen) atoms. The number of halogens is 1. The van der Waals surface area contributed by atoms with Gasteiger partial charge in [-0.05, 0) is 73.6 Å². The van der Waals surface area contributed by atoms with Crippen molar-refractivity contribution in [2.45, 2.75) is 58.8 Å². The van der Waals surface area contributed by atoms with E-state index in [0.29, 0.717) is 5.92 Å². The van der Waals surface area contributed by atoms with Crippen LogP contribution >= 0.6 is 11.6 Å². The molecule has 0 fully saturated rings. The Morgan fingerprint density at radius 2 is 1.27 bits per heavy atom. The van der Waals surface area contributed by atoms with E-state index in [1.54, 1.807) is 0 Å². The molecule has 0 amide bonds. The van der Waals surface area contributed by atoms with Gasteiger partial charge in [-0.15, -0.1) is 0 Å². The van der Waals surface area contributed by atoms with Gasteiger partial charge >= 0.3 is 0 Å². The summed E-state index contributed by atoms with van der Waals surface area (Å²) in [5.74, 6) is 0.597. The van der Waals surface area contributed by atoms with Crippen LogP contribution in [0.1, 0.15) is 64.4 Å². The average Bonchev–Trinajstić information content (AvgIpc) is 2.68. The number of rotatable bonds is 11. The molecular weight excluding hydrogens is 338 g/mol. The standard InChI is InChI=1S/C24H34ClN/c1-4-6-17-26(18-7-5-2)19-16-20(3)21-8-10-22(11-9-21)23-12-14-24(25)15-13-23/h8-15,20H,4-7,16-19H2,1-3H3. The fraction of sp³-hybridized carbons (Fsp3) is 0.500. The van der Waals surface area contributed by atoms with Gasteiger partial charge in [0.2, 0.25) is 0 Å². The van der Waals surface area contributed by atoms with E-state index in [1.807, 2.05) is 12.1 Å². The molecule has 2 rings (SSSR count). The Labute approximate surface area is 165 Å². The SMILES string of the molecule is CCCCN(CCCC)CCC(C)c1ccc(-c2ccc(Cl)cc2)cc1. The van der Waals surface area contributed by atoms with Crippen molar-refractivity contribution in [2.75, 3.05) is 19.6 Å². The highest BCUT2D eigenvalue weighted by atomic mass is 35.5. The molecule has 0 bridgehead atoms. The van der Waals surface area contributed by atoms with Crippen molar-refractivity contribution in [2.24, 2.45) is 0 Å². The summed E-state index contributed by atoms with van der Waals surface area (Å²) in [4.78, 5) is 2.66. The third-order valence-corrected chi connectivity index (χ3v) is 5.44. The Kier molecular flexibility index (Phi) is 9.22. The van der Waals surface area contributed by atoms with E-state index in [0.717, 1.165) is 5.02 Å². The molecule has 2 heteroatoms. The highest BCUT2D eigenvalue weighted by molar-refractivity contribution is 6.30. The molecule has 0 aliphatic heterocycles. The monoisotopic (exact) mass is 371 g/mol. The number of unbranched alkanes of at least 4 members (excludes halogenated alkanes) is 2. The third-order valence-electron chi connectivity index (χ3n) is 5.19. The van der Waals surface area contributed by atoms with Gasteiger partial charge in [0, 0.05) is 5.02 Å². The summed E-state index contributed by atoms with van der Waals surface area (Å²) in [6, 6.07) is 17.1. The van der Waals surface area contributed by atoms with Crippen LogP contribution in [0.2, 0.25) is 5.02 Å². The Balaban J connectivity index is 1.91. The zero-order valence-corrected chi connectivity index (χ0v) is 17.4. The zero-order chi connectivity index (χ0) is 18.8. The van der Waals surface area contributed by atoms with Crippen molar-refractivity contribution in [3.63, 3.8) is 0 Å². The predicted molar refractivity (Wildman–Crippen MR) is 116 cm³/mol. The maximum absolute atomic E-state index is 5.99. The van der Waals surface area contributed by atoms with Crippen molar-refractivity contribution < 1.29 is 0 Å². The van der Waals surface area contributed by atoms with Gasteiger partial charge in [0.05, 0.1) is 0 Å². The van der Waals surface area contributed by atoms with Gasteiger partial charge in [0.25, 0.3) is 0 Å². The lowest BCUT2D eigenvalue weighted by molar-refractivity contribution is 0.256. The Hall–Kier alpha value is -1.31. The smallest absolute Gasteiger partial charge is 0.0406 e. The van der Waals surface area contributed by atoms with Crippen LogP contribution < -0.4 is 0 Å². The predicted octanol–water partition coefficient (Wildman–Crippen LogP) is 7.40. The summed E-state index contributed by atoms with van der Waals surface area (Å²) in [6.07, 6.45) is 6.42. The molecule has 142 valence electrons. The molecule has 1 atom stereocenters. The molecule has 0 radical (unpaired) electrons. The van der Waals surface area contributed by atoms with E-state index in [1.165, 1.54) is 68.4 Å². The third kappa shape index (κ3) is 6.78. The first-order valence-corrected chi connectivity index (χ1v) is 10.6. The molecule has 0 heterocycles. The van der Waals surface area contributed by atoms with Crippen molar-refractivity contribution in [3.8, 4) is 11.1 Å². The second-order valence-corrected chi connectivity index (χ2v) is 7.80. The molecule has 1 nitrogen and oxygen atoms in total. The molecule has 2 aromatic rings. The van der Waals surface area contributed by atoms with Gasteiger partial charge in [-0.25, -0.2) is 0 Å². The molecule has 0 N–H and O–H groups in total. The first-order valence-electron chi connectivity index (χ1n) is 10.2. The van der Waals surface area contributed by atoms with Crippen molar-refractivity contribution in [1.29, 1.82) is 0 Å². The van der Waals surface area contributed by atoms with E-state index >= 15 is 0 Å². The Bertz CT molecular complexity index is 610. The van der Waals surface area contributed by atoms with Crippen molar-refractivity contribution in [1.82, 2.24) is 4.90 Å². The van der Waals surface area contributed by atoms with Gasteiger partial charge < -0.3 is 4.90 Å². The minimum absolute atomic E-state index is 0.597. The second kappa shape index (κ2) is 11.4. The lowest BCUT2D eigenvalue weighted by Gasteiger charge is -2.24. The van der Waals surface area contributed by atoms with Crippen LogP contribution in [0.15, 0.2) is 48.5 Å². The van der Waals surface area contributed by atoms with E-state index in [-0.39, 0.29) is 0 Å². The Morgan fingerprint density at radius 1 is 0.769 bits per heavy atom. The van der Waals surface area contributed by atoms with E-state index in [4.69, 9.17) is 11.6 Å². The van der Waals surface area contributed by atoms with Crippen LogP contribution in [0.5, 0.6) is 0 Å². The van der Waals surface area contributed by atoms with E-state index in [2.05, 4.69) is 62.1 Å². The van der Waals surface area contributed by atoms with Gasteiger partial charge in [0.15, 0.2) is 0 Å². The molecule has 1 unspecified atom stereocenters. The molecule has 0 aliphatic carbocycles. The first-order chi connectivity index (χ1) is 12.6. The van der Waals surface area contributed by atoms with Gasteiger partial charge in [-0.2, -0.15) is 0 Å². The summed E-state index contributed by atoms with van der Waals surface area (Å²) >= 11 is 5.99. The molecule has 0 saturated heterocycles. The largest absolute Gasteiger partial charge is 0.303 e.